The van der Waals surface area contributed by atoms with E-state index < -0.39 is 4.92 Å². The van der Waals surface area contributed by atoms with Gasteiger partial charge in [0.05, 0.1) is 22.2 Å². The minimum Gasteiger partial charge on any atom is -0.354 e. The normalized spacial score (nSPS) is 19.9. The van der Waals surface area contributed by atoms with Crippen LogP contribution in [0.2, 0.25) is 5.02 Å². The lowest BCUT2D eigenvalue weighted by Gasteiger charge is -2.39. The first-order valence-corrected chi connectivity index (χ1v) is 11.7. The molecule has 1 N–H and O–H groups in total. The maximum absolute atomic E-state index is 12.6. The molecular weight excluding hydrogens is 444 g/mol. The van der Waals surface area contributed by atoms with Crippen LogP contribution in [0.4, 0.5) is 17.2 Å². The number of halogens is 1. The van der Waals surface area contributed by atoms with E-state index in [0.29, 0.717) is 11.6 Å². The van der Waals surface area contributed by atoms with Crippen molar-refractivity contribution in [2.45, 2.75) is 12.8 Å². The second-order valence-electron chi connectivity index (χ2n) is 8.69. The third kappa shape index (κ3) is 6.40. The molecule has 4 rings (SSSR count). The molecule has 2 aliphatic heterocycles. The van der Waals surface area contributed by atoms with Crippen molar-refractivity contribution in [3.05, 3.63) is 57.7 Å². The number of nitrogens with zero attached hydrogens (tertiary/aromatic N) is 5. The Morgan fingerprint density at radius 3 is 2.67 bits per heavy atom. The molecule has 0 aliphatic carbocycles. The number of nitrogens with one attached hydrogen (secondary N) is 1. The maximum Gasteiger partial charge on any atom is 0.271 e. The number of amides is 1. The molecule has 33 heavy (non-hydrogen) atoms. The summed E-state index contributed by atoms with van der Waals surface area (Å²) in [5.74, 6) is 1.42. The van der Waals surface area contributed by atoms with Crippen LogP contribution < -0.4 is 10.2 Å². The summed E-state index contributed by atoms with van der Waals surface area (Å²) in [4.78, 5) is 34.4. The van der Waals surface area contributed by atoms with Crippen LogP contribution in [0.25, 0.3) is 0 Å². The number of likely N-dealkylation sites (tertiary alicyclic amines) is 1. The largest absolute Gasteiger partial charge is 0.354 e. The Morgan fingerprint density at radius 2 is 1.97 bits per heavy atom. The third-order valence-corrected chi connectivity index (χ3v) is 6.58. The molecule has 9 nitrogen and oxygen atoms in total. The first-order valence-electron chi connectivity index (χ1n) is 11.3. The second-order valence-corrected chi connectivity index (χ2v) is 9.10. The zero-order chi connectivity index (χ0) is 23.2. The average Bonchev–Trinajstić information content (AvgIpc) is 2.81. The SMILES string of the molecule is O=C(CN1CCCC(CN2CCN(c3ccccn3)CC2)C1)Nc1ccc([N+](=O)[O-])cc1Cl. The van der Waals surface area contributed by atoms with Crippen LogP contribution in [0.5, 0.6) is 0 Å². The Morgan fingerprint density at radius 1 is 1.15 bits per heavy atom. The van der Waals surface area contributed by atoms with Crippen molar-refractivity contribution in [3.63, 3.8) is 0 Å². The number of nitro benzene ring substituents is 1. The number of nitro groups is 1. The van der Waals surface area contributed by atoms with Gasteiger partial charge in [-0.1, -0.05) is 17.7 Å². The van der Waals surface area contributed by atoms with Gasteiger partial charge in [-0.15, -0.1) is 0 Å². The van der Waals surface area contributed by atoms with Gasteiger partial charge in [0.2, 0.25) is 5.91 Å². The number of hydrogen-bond donors (Lipinski definition) is 1. The summed E-state index contributed by atoms with van der Waals surface area (Å²) in [6.07, 6.45) is 4.08. The third-order valence-electron chi connectivity index (χ3n) is 6.27. The van der Waals surface area contributed by atoms with Crippen molar-refractivity contribution >= 4 is 34.7 Å². The van der Waals surface area contributed by atoms with Crippen LogP contribution in [-0.4, -0.2) is 78.0 Å². The molecule has 2 fully saturated rings. The first-order chi connectivity index (χ1) is 16.0. The summed E-state index contributed by atoms with van der Waals surface area (Å²) in [6.45, 7) is 7.11. The van der Waals surface area contributed by atoms with Crippen molar-refractivity contribution in [2.75, 3.05) is 62.6 Å². The molecule has 2 saturated heterocycles. The number of piperazine rings is 1. The van der Waals surface area contributed by atoms with Crippen LogP contribution >= 0.6 is 11.6 Å². The van der Waals surface area contributed by atoms with E-state index in [1.165, 1.54) is 24.6 Å². The van der Waals surface area contributed by atoms with Crippen molar-refractivity contribution in [2.24, 2.45) is 5.92 Å². The van der Waals surface area contributed by atoms with E-state index in [2.05, 4.69) is 31.1 Å². The molecule has 3 heterocycles. The number of carbonyl (C=O) groups excluding carboxylic acids is 1. The highest BCUT2D eigenvalue weighted by Crippen LogP contribution is 2.27. The Bertz CT molecular complexity index is 968. The molecule has 1 unspecified atom stereocenters. The van der Waals surface area contributed by atoms with E-state index >= 15 is 0 Å². The molecule has 2 aliphatic rings. The monoisotopic (exact) mass is 472 g/mol. The molecule has 1 atom stereocenters. The van der Waals surface area contributed by atoms with Crippen molar-refractivity contribution in [3.8, 4) is 0 Å². The number of non-ortho nitro benzene ring substituents is 1. The van der Waals surface area contributed by atoms with E-state index in [9.17, 15) is 14.9 Å². The molecule has 0 radical (unpaired) electrons. The summed E-state index contributed by atoms with van der Waals surface area (Å²) >= 11 is 6.10. The quantitative estimate of drug-likeness (QED) is 0.488. The van der Waals surface area contributed by atoms with Crippen LogP contribution in [0, 0.1) is 16.0 Å². The standard InChI is InChI=1S/C23H29ClN6O3/c24-20-14-19(30(32)33)6-7-21(20)26-23(31)17-28-9-3-4-18(16-28)15-27-10-12-29(13-11-27)22-5-1-2-8-25-22/h1-2,5-8,14,18H,3-4,9-13,15-17H2,(H,26,31). The Kier molecular flexibility index (Phi) is 7.74. The predicted octanol–water partition coefficient (Wildman–Crippen LogP) is 3.12. The molecule has 1 amide bonds. The van der Waals surface area contributed by atoms with E-state index in [0.717, 1.165) is 58.1 Å². The summed E-state index contributed by atoms with van der Waals surface area (Å²) < 4.78 is 0. The Labute approximate surface area is 198 Å². The van der Waals surface area contributed by atoms with Crippen molar-refractivity contribution in [1.82, 2.24) is 14.8 Å². The van der Waals surface area contributed by atoms with E-state index in [1.54, 1.807) is 0 Å². The average molecular weight is 473 g/mol. The van der Waals surface area contributed by atoms with E-state index in [4.69, 9.17) is 11.6 Å². The number of anilines is 2. The fourth-order valence-electron chi connectivity index (χ4n) is 4.62. The number of carbonyl (C=O) groups is 1. The van der Waals surface area contributed by atoms with Gasteiger partial charge in [0.1, 0.15) is 5.82 Å². The predicted molar refractivity (Wildman–Crippen MR) is 129 cm³/mol. The van der Waals surface area contributed by atoms with Gasteiger partial charge in [0.25, 0.3) is 5.69 Å². The van der Waals surface area contributed by atoms with Crippen molar-refractivity contribution < 1.29 is 9.72 Å². The second kappa shape index (κ2) is 10.9. The topological polar surface area (TPSA) is 94.9 Å². The lowest BCUT2D eigenvalue weighted by Crippen LogP contribution is -2.50. The summed E-state index contributed by atoms with van der Waals surface area (Å²) in [5, 5.41) is 13.8. The summed E-state index contributed by atoms with van der Waals surface area (Å²) in [5.41, 5.74) is 0.296. The van der Waals surface area contributed by atoms with Crippen molar-refractivity contribution in [1.29, 1.82) is 0 Å². The number of aromatic nitrogens is 1. The van der Waals surface area contributed by atoms with Crippen LogP contribution in [0.3, 0.4) is 0 Å². The molecule has 10 heteroatoms. The van der Waals surface area contributed by atoms with Gasteiger partial charge >= 0.3 is 0 Å². The number of benzene rings is 1. The fourth-order valence-corrected chi connectivity index (χ4v) is 4.84. The van der Waals surface area contributed by atoms with Crippen LogP contribution in [0.1, 0.15) is 12.8 Å². The Hall–Kier alpha value is -2.75. The van der Waals surface area contributed by atoms with E-state index in [1.807, 2.05) is 18.3 Å². The zero-order valence-electron chi connectivity index (χ0n) is 18.5. The molecule has 0 saturated carbocycles. The molecule has 2 aromatic rings. The lowest BCUT2D eigenvalue weighted by molar-refractivity contribution is -0.384. The van der Waals surface area contributed by atoms with Gasteiger partial charge in [-0.25, -0.2) is 4.98 Å². The first kappa shape index (κ1) is 23.4. The molecule has 0 bridgehead atoms. The highest BCUT2D eigenvalue weighted by atomic mass is 35.5. The van der Waals surface area contributed by atoms with E-state index in [-0.39, 0.29) is 23.2 Å². The lowest BCUT2D eigenvalue weighted by atomic mass is 9.97. The summed E-state index contributed by atoms with van der Waals surface area (Å²) in [6, 6.07) is 10.1. The molecule has 1 aromatic heterocycles. The maximum atomic E-state index is 12.6. The zero-order valence-corrected chi connectivity index (χ0v) is 19.3. The van der Waals surface area contributed by atoms with Crippen LogP contribution in [0.15, 0.2) is 42.6 Å². The molecule has 176 valence electrons. The van der Waals surface area contributed by atoms with Gasteiger partial charge in [-0.3, -0.25) is 24.7 Å². The molecule has 1 aromatic carbocycles. The molecule has 0 spiro atoms. The van der Waals surface area contributed by atoms with Gasteiger partial charge in [0.15, 0.2) is 0 Å². The smallest absolute Gasteiger partial charge is 0.271 e. The van der Waals surface area contributed by atoms with Gasteiger partial charge in [-0.2, -0.15) is 0 Å². The number of rotatable bonds is 7. The summed E-state index contributed by atoms with van der Waals surface area (Å²) in [7, 11) is 0. The fraction of sp³-hybridized carbons (Fsp3) is 0.478. The minimum atomic E-state index is -0.510. The number of pyridine rings is 1. The number of piperidine rings is 1. The van der Waals surface area contributed by atoms with Gasteiger partial charge in [-0.05, 0) is 43.5 Å². The highest BCUT2D eigenvalue weighted by Gasteiger charge is 2.26. The number of hydrogen-bond acceptors (Lipinski definition) is 7. The van der Waals surface area contributed by atoms with Gasteiger partial charge in [0, 0.05) is 57.6 Å². The van der Waals surface area contributed by atoms with Gasteiger partial charge < -0.3 is 10.2 Å². The molecular formula is C23H29ClN6O3. The minimum absolute atomic E-state index is 0.0993. The highest BCUT2D eigenvalue weighted by molar-refractivity contribution is 6.34. The Balaban J connectivity index is 1.23. The van der Waals surface area contributed by atoms with Crippen LogP contribution in [-0.2, 0) is 4.79 Å².